The van der Waals surface area contributed by atoms with Crippen LogP contribution in [-0.4, -0.2) is 35.1 Å². The predicted octanol–water partition coefficient (Wildman–Crippen LogP) is 0.555. The highest BCUT2D eigenvalue weighted by atomic mass is 16.4. The van der Waals surface area contributed by atoms with E-state index >= 15 is 0 Å². The van der Waals surface area contributed by atoms with Crippen LogP contribution >= 0.6 is 0 Å². The standard InChI is InChI=1S/C8H13NO2/c10-8(11)6-5-7(6)9-3-1-2-4-9/h6-7H,1-5H2,(H,10,11). The summed E-state index contributed by atoms with van der Waals surface area (Å²) in [6, 6.07) is 0.384. The zero-order chi connectivity index (χ0) is 7.84. The summed E-state index contributed by atoms with van der Waals surface area (Å²) in [7, 11) is 0. The molecular weight excluding hydrogens is 142 g/mol. The Balaban J connectivity index is 1.85. The number of nitrogens with zero attached hydrogens (tertiary/aromatic N) is 1. The van der Waals surface area contributed by atoms with Gasteiger partial charge in [-0.2, -0.15) is 0 Å². The predicted molar refractivity (Wildman–Crippen MR) is 40.3 cm³/mol. The molecule has 1 aliphatic heterocycles. The van der Waals surface area contributed by atoms with Crippen LogP contribution < -0.4 is 0 Å². The summed E-state index contributed by atoms with van der Waals surface area (Å²) < 4.78 is 0. The van der Waals surface area contributed by atoms with Crippen LogP contribution in [-0.2, 0) is 4.79 Å². The van der Waals surface area contributed by atoms with Crippen LogP contribution in [0.15, 0.2) is 0 Å². The van der Waals surface area contributed by atoms with Crippen molar-refractivity contribution in [3.05, 3.63) is 0 Å². The van der Waals surface area contributed by atoms with Gasteiger partial charge in [-0.1, -0.05) is 0 Å². The molecule has 0 aromatic carbocycles. The van der Waals surface area contributed by atoms with Gasteiger partial charge in [0.25, 0.3) is 0 Å². The molecular formula is C8H13NO2. The first-order valence-electron chi connectivity index (χ1n) is 4.26. The van der Waals surface area contributed by atoms with Gasteiger partial charge in [0.2, 0.25) is 0 Å². The maximum atomic E-state index is 10.5. The van der Waals surface area contributed by atoms with Gasteiger partial charge in [0.05, 0.1) is 5.92 Å². The van der Waals surface area contributed by atoms with Gasteiger partial charge < -0.3 is 5.11 Å². The second-order valence-electron chi connectivity index (χ2n) is 3.49. The highest BCUT2D eigenvalue weighted by molar-refractivity contribution is 5.74. The second kappa shape index (κ2) is 2.48. The molecule has 1 N–H and O–H groups in total. The van der Waals surface area contributed by atoms with E-state index in [1.165, 1.54) is 12.8 Å². The molecule has 1 heterocycles. The third-order valence-corrected chi connectivity index (χ3v) is 2.68. The molecule has 11 heavy (non-hydrogen) atoms. The zero-order valence-corrected chi connectivity index (χ0v) is 6.49. The summed E-state index contributed by atoms with van der Waals surface area (Å²) in [5, 5.41) is 8.66. The molecule has 0 bridgehead atoms. The molecule has 2 unspecified atom stereocenters. The summed E-state index contributed by atoms with van der Waals surface area (Å²) in [5.41, 5.74) is 0. The zero-order valence-electron chi connectivity index (χ0n) is 6.49. The molecule has 1 saturated carbocycles. The number of likely N-dealkylation sites (tertiary alicyclic amines) is 1. The lowest BCUT2D eigenvalue weighted by atomic mass is 10.4. The molecule has 3 heteroatoms. The van der Waals surface area contributed by atoms with Crippen molar-refractivity contribution in [1.82, 2.24) is 4.90 Å². The molecule has 2 aliphatic rings. The van der Waals surface area contributed by atoms with E-state index in [1.54, 1.807) is 0 Å². The van der Waals surface area contributed by atoms with E-state index in [0.29, 0.717) is 6.04 Å². The Morgan fingerprint density at radius 1 is 1.36 bits per heavy atom. The van der Waals surface area contributed by atoms with Crippen molar-refractivity contribution in [3.8, 4) is 0 Å². The van der Waals surface area contributed by atoms with Gasteiger partial charge in [0.15, 0.2) is 0 Å². The van der Waals surface area contributed by atoms with Crippen molar-refractivity contribution in [2.24, 2.45) is 5.92 Å². The minimum atomic E-state index is -0.609. The van der Waals surface area contributed by atoms with E-state index in [9.17, 15) is 4.79 Å². The first-order valence-corrected chi connectivity index (χ1v) is 4.26. The van der Waals surface area contributed by atoms with E-state index in [2.05, 4.69) is 4.90 Å². The monoisotopic (exact) mass is 155 g/mol. The van der Waals surface area contributed by atoms with E-state index in [0.717, 1.165) is 19.5 Å². The van der Waals surface area contributed by atoms with Crippen molar-refractivity contribution >= 4 is 5.97 Å². The van der Waals surface area contributed by atoms with Crippen LogP contribution in [0, 0.1) is 5.92 Å². The van der Waals surface area contributed by atoms with Crippen molar-refractivity contribution in [2.75, 3.05) is 13.1 Å². The Morgan fingerprint density at radius 3 is 2.45 bits per heavy atom. The molecule has 2 atom stereocenters. The van der Waals surface area contributed by atoms with Gasteiger partial charge in [-0.15, -0.1) is 0 Å². The molecule has 0 spiro atoms. The van der Waals surface area contributed by atoms with Gasteiger partial charge in [-0.3, -0.25) is 9.69 Å². The molecule has 0 aromatic heterocycles. The first-order chi connectivity index (χ1) is 5.29. The maximum Gasteiger partial charge on any atom is 0.308 e. The number of carboxylic acids is 1. The van der Waals surface area contributed by atoms with E-state index in [1.807, 2.05) is 0 Å². The van der Waals surface area contributed by atoms with Gasteiger partial charge in [0.1, 0.15) is 0 Å². The number of carbonyl (C=O) groups is 1. The van der Waals surface area contributed by atoms with Gasteiger partial charge in [-0.25, -0.2) is 0 Å². The molecule has 2 rings (SSSR count). The number of hydrogen-bond acceptors (Lipinski definition) is 2. The van der Waals surface area contributed by atoms with Crippen molar-refractivity contribution in [2.45, 2.75) is 25.3 Å². The summed E-state index contributed by atoms with van der Waals surface area (Å²) >= 11 is 0. The quantitative estimate of drug-likeness (QED) is 0.633. The number of carboxylic acid groups (broad SMARTS) is 1. The van der Waals surface area contributed by atoms with E-state index in [-0.39, 0.29) is 5.92 Å². The first kappa shape index (κ1) is 7.10. The Labute approximate surface area is 66.0 Å². The molecule has 0 aromatic rings. The molecule has 1 aliphatic carbocycles. The summed E-state index contributed by atoms with van der Waals surface area (Å²) in [6.07, 6.45) is 3.39. The lowest BCUT2D eigenvalue weighted by Crippen LogP contribution is -2.24. The third-order valence-electron chi connectivity index (χ3n) is 2.68. The highest BCUT2D eigenvalue weighted by Crippen LogP contribution is 2.37. The van der Waals surface area contributed by atoms with Crippen LogP contribution in [0.3, 0.4) is 0 Å². The fourth-order valence-electron chi connectivity index (χ4n) is 1.92. The minimum absolute atomic E-state index is 0.0481. The van der Waals surface area contributed by atoms with Crippen LogP contribution in [0.5, 0.6) is 0 Å². The van der Waals surface area contributed by atoms with Crippen LogP contribution in [0.2, 0.25) is 0 Å². The van der Waals surface area contributed by atoms with Crippen LogP contribution in [0.1, 0.15) is 19.3 Å². The average Bonchev–Trinajstić information content (AvgIpc) is 2.60. The Kier molecular flexibility index (Phi) is 1.60. The minimum Gasteiger partial charge on any atom is -0.481 e. The highest BCUT2D eigenvalue weighted by Gasteiger charge is 2.47. The SMILES string of the molecule is O=C(O)C1CC1N1CCCC1. The van der Waals surface area contributed by atoms with Gasteiger partial charge in [0, 0.05) is 6.04 Å². The molecule has 2 fully saturated rings. The number of aliphatic carboxylic acids is 1. The smallest absolute Gasteiger partial charge is 0.308 e. The number of rotatable bonds is 2. The largest absolute Gasteiger partial charge is 0.481 e. The maximum absolute atomic E-state index is 10.5. The van der Waals surface area contributed by atoms with Crippen molar-refractivity contribution < 1.29 is 9.90 Å². The fourth-order valence-corrected chi connectivity index (χ4v) is 1.92. The van der Waals surface area contributed by atoms with E-state index < -0.39 is 5.97 Å². The number of hydrogen-bond donors (Lipinski definition) is 1. The lowest BCUT2D eigenvalue weighted by Gasteiger charge is -2.12. The topological polar surface area (TPSA) is 40.5 Å². The molecule has 3 nitrogen and oxygen atoms in total. The van der Waals surface area contributed by atoms with Crippen LogP contribution in [0.4, 0.5) is 0 Å². The second-order valence-corrected chi connectivity index (χ2v) is 3.49. The normalized spacial score (nSPS) is 37.5. The third kappa shape index (κ3) is 1.25. The van der Waals surface area contributed by atoms with Crippen molar-refractivity contribution in [1.29, 1.82) is 0 Å². The fraction of sp³-hybridized carbons (Fsp3) is 0.875. The molecule has 0 radical (unpaired) electrons. The Hall–Kier alpha value is -0.570. The summed E-state index contributed by atoms with van der Waals surface area (Å²) in [5.74, 6) is -0.657. The summed E-state index contributed by atoms with van der Waals surface area (Å²) in [4.78, 5) is 12.8. The molecule has 0 amide bonds. The molecule has 1 saturated heterocycles. The Bertz CT molecular complexity index is 175. The molecule has 62 valence electrons. The lowest BCUT2D eigenvalue weighted by molar-refractivity contribution is -0.138. The summed E-state index contributed by atoms with van der Waals surface area (Å²) in [6.45, 7) is 2.24. The van der Waals surface area contributed by atoms with Gasteiger partial charge in [-0.05, 0) is 32.4 Å². The average molecular weight is 155 g/mol. The van der Waals surface area contributed by atoms with Crippen LogP contribution in [0.25, 0.3) is 0 Å². The van der Waals surface area contributed by atoms with E-state index in [4.69, 9.17) is 5.11 Å². The van der Waals surface area contributed by atoms with Gasteiger partial charge >= 0.3 is 5.97 Å². The Morgan fingerprint density at radius 2 is 2.00 bits per heavy atom. The van der Waals surface area contributed by atoms with Crippen molar-refractivity contribution in [3.63, 3.8) is 0 Å².